The largest absolute Gasteiger partial charge is 0.387 e. The van der Waals surface area contributed by atoms with E-state index in [1.54, 1.807) is 0 Å². The van der Waals surface area contributed by atoms with Crippen LogP contribution in [0.15, 0.2) is 42.5 Å². The van der Waals surface area contributed by atoms with E-state index in [2.05, 4.69) is 42.2 Å². The highest BCUT2D eigenvalue weighted by atomic mass is 16.3. The molecule has 1 aliphatic heterocycles. The maximum atomic E-state index is 11.1. The molecule has 1 aliphatic carbocycles. The zero-order valence-corrected chi connectivity index (χ0v) is 15.6. The molecule has 2 N–H and O–H groups in total. The van der Waals surface area contributed by atoms with Gasteiger partial charge in [-0.2, -0.15) is 0 Å². The number of likely N-dealkylation sites (tertiary alicyclic amines) is 1. The zero-order valence-electron chi connectivity index (χ0n) is 15.6. The van der Waals surface area contributed by atoms with Gasteiger partial charge in [-0.3, -0.25) is 0 Å². The smallest absolute Gasteiger partial charge is 0.0921 e. The van der Waals surface area contributed by atoms with Crippen molar-refractivity contribution in [2.75, 3.05) is 19.6 Å². The van der Waals surface area contributed by atoms with Crippen LogP contribution >= 0.6 is 0 Å². The number of nitrogens with zero attached hydrogens (tertiary/aromatic N) is 1. The molecule has 1 heterocycles. The first kappa shape index (κ1) is 17.7. The van der Waals surface area contributed by atoms with Crippen LogP contribution < -0.4 is 0 Å². The molecule has 26 heavy (non-hydrogen) atoms. The van der Waals surface area contributed by atoms with Crippen LogP contribution in [0.25, 0.3) is 0 Å². The van der Waals surface area contributed by atoms with Gasteiger partial charge in [0.05, 0.1) is 11.7 Å². The predicted molar refractivity (Wildman–Crippen MR) is 104 cm³/mol. The molecular formula is C23H29NO2. The minimum atomic E-state index is -0.735. The molecule has 4 rings (SSSR count). The topological polar surface area (TPSA) is 43.7 Å². The molecule has 1 atom stereocenters. The van der Waals surface area contributed by atoms with E-state index in [1.807, 2.05) is 12.1 Å². The number of aliphatic hydroxyl groups excluding tert-OH is 1. The maximum absolute atomic E-state index is 11.1. The summed E-state index contributed by atoms with van der Waals surface area (Å²) in [6, 6.07) is 14.7. The molecule has 3 heteroatoms. The van der Waals surface area contributed by atoms with Gasteiger partial charge in [0.25, 0.3) is 0 Å². The molecule has 0 saturated carbocycles. The van der Waals surface area contributed by atoms with E-state index in [9.17, 15) is 10.2 Å². The second-order valence-corrected chi connectivity index (χ2v) is 8.10. The van der Waals surface area contributed by atoms with E-state index in [-0.39, 0.29) is 0 Å². The monoisotopic (exact) mass is 351 g/mol. The SMILES string of the molecule is Cc1cccc(C2(O)CCN(C[C@@H](O)c3ccc4c(c3)CCC4)CC2)c1. The van der Waals surface area contributed by atoms with Gasteiger partial charge in [-0.05, 0) is 61.3 Å². The molecule has 3 nitrogen and oxygen atoms in total. The van der Waals surface area contributed by atoms with E-state index < -0.39 is 11.7 Å². The highest BCUT2D eigenvalue weighted by molar-refractivity contribution is 5.36. The van der Waals surface area contributed by atoms with Gasteiger partial charge in [-0.15, -0.1) is 0 Å². The third-order valence-electron chi connectivity index (χ3n) is 6.18. The molecule has 0 spiro atoms. The lowest BCUT2D eigenvalue weighted by molar-refractivity contribution is -0.0345. The van der Waals surface area contributed by atoms with Crippen molar-refractivity contribution in [3.63, 3.8) is 0 Å². The number of benzene rings is 2. The van der Waals surface area contributed by atoms with Crippen molar-refractivity contribution >= 4 is 0 Å². The third-order valence-corrected chi connectivity index (χ3v) is 6.18. The van der Waals surface area contributed by atoms with Crippen molar-refractivity contribution in [1.82, 2.24) is 4.90 Å². The number of aryl methyl sites for hydroxylation is 3. The number of hydrogen-bond acceptors (Lipinski definition) is 3. The van der Waals surface area contributed by atoms with Gasteiger partial charge >= 0.3 is 0 Å². The van der Waals surface area contributed by atoms with Crippen LogP contribution in [0.4, 0.5) is 0 Å². The normalized spacial score (nSPS) is 20.7. The molecule has 138 valence electrons. The first-order chi connectivity index (χ1) is 12.5. The fourth-order valence-electron chi connectivity index (χ4n) is 4.48. The summed E-state index contributed by atoms with van der Waals surface area (Å²) in [5, 5.41) is 21.7. The quantitative estimate of drug-likeness (QED) is 0.886. The molecule has 2 aromatic carbocycles. The van der Waals surface area contributed by atoms with Crippen molar-refractivity contribution in [3.05, 3.63) is 70.3 Å². The van der Waals surface area contributed by atoms with E-state index in [0.29, 0.717) is 19.4 Å². The van der Waals surface area contributed by atoms with Gasteiger partial charge in [0.2, 0.25) is 0 Å². The van der Waals surface area contributed by atoms with Crippen LogP contribution in [0.5, 0.6) is 0 Å². The van der Waals surface area contributed by atoms with Crippen LogP contribution in [0, 0.1) is 6.92 Å². The molecule has 1 fully saturated rings. The second-order valence-electron chi connectivity index (χ2n) is 8.10. The summed E-state index contributed by atoms with van der Waals surface area (Å²) in [7, 11) is 0. The third kappa shape index (κ3) is 3.57. The van der Waals surface area contributed by atoms with Gasteiger partial charge in [-0.25, -0.2) is 0 Å². The highest BCUT2D eigenvalue weighted by Gasteiger charge is 2.34. The molecule has 0 aromatic heterocycles. The number of β-amino-alcohol motifs (C(OH)–C–C–N with tert-alkyl or cyclic N) is 1. The van der Waals surface area contributed by atoms with E-state index in [1.165, 1.54) is 29.5 Å². The lowest BCUT2D eigenvalue weighted by Gasteiger charge is -2.39. The minimum absolute atomic E-state index is 0.453. The first-order valence-corrected chi connectivity index (χ1v) is 9.85. The second kappa shape index (κ2) is 7.15. The fourth-order valence-corrected chi connectivity index (χ4v) is 4.48. The number of hydrogen-bond donors (Lipinski definition) is 2. The predicted octanol–water partition coefficient (Wildman–Crippen LogP) is 3.50. The summed E-state index contributed by atoms with van der Waals surface area (Å²) in [6.45, 7) is 4.33. The summed E-state index contributed by atoms with van der Waals surface area (Å²) in [5.74, 6) is 0. The summed E-state index contributed by atoms with van der Waals surface area (Å²) < 4.78 is 0. The molecule has 0 amide bonds. The zero-order chi connectivity index (χ0) is 18.1. The summed E-state index contributed by atoms with van der Waals surface area (Å²) in [6.07, 6.45) is 4.53. The fraction of sp³-hybridized carbons (Fsp3) is 0.478. The molecular weight excluding hydrogens is 322 g/mol. The van der Waals surface area contributed by atoms with Crippen LogP contribution in [-0.2, 0) is 18.4 Å². The Labute approximate surface area is 156 Å². The van der Waals surface area contributed by atoms with Crippen molar-refractivity contribution in [1.29, 1.82) is 0 Å². The van der Waals surface area contributed by atoms with Crippen LogP contribution in [0.2, 0.25) is 0 Å². The van der Waals surface area contributed by atoms with Crippen molar-refractivity contribution < 1.29 is 10.2 Å². The molecule has 0 unspecified atom stereocenters. The Morgan fingerprint density at radius 3 is 2.58 bits per heavy atom. The first-order valence-electron chi connectivity index (χ1n) is 9.85. The van der Waals surface area contributed by atoms with Gasteiger partial charge in [0.15, 0.2) is 0 Å². The standard InChI is InChI=1S/C23H29NO2/c1-17-4-2-7-21(14-17)23(26)10-12-24(13-11-23)16-22(25)20-9-8-18-5-3-6-19(18)15-20/h2,4,7-9,14-15,22,25-26H,3,5-6,10-13,16H2,1H3/t22-/m1/s1. The molecule has 1 saturated heterocycles. The van der Waals surface area contributed by atoms with Gasteiger partial charge in [-0.1, -0.05) is 48.0 Å². The number of rotatable bonds is 4. The average Bonchev–Trinajstić information content (AvgIpc) is 3.11. The Morgan fingerprint density at radius 2 is 1.81 bits per heavy atom. The Kier molecular flexibility index (Phi) is 4.87. The lowest BCUT2D eigenvalue weighted by Crippen LogP contribution is -2.44. The molecule has 0 bridgehead atoms. The average molecular weight is 351 g/mol. The van der Waals surface area contributed by atoms with E-state index in [0.717, 1.165) is 30.6 Å². The van der Waals surface area contributed by atoms with Gasteiger partial charge in [0, 0.05) is 19.6 Å². The lowest BCUT2D eigenvalue weighted by atomic mass is 9.83. The summed E-state index contributed by atoms with van der Waals surface area (Å²) in [4.78, 5) is 2.28. The number of piperidine rings is 1. The number of fused-ring (bicyclic) bond motifs is 1. The highest BCUT2D eigenvalue weighted by Crippen LogP contribution is 2.34. The Balaban J connectivity index is 1.37. The van der Waals surface area contributed by atoms with Crippen LogP contribution in [-0.4, -0.2) is 34.7 Å². The van der Waals surface area contributed by atoms with Crippen LogP contribution in [0.1, 0.15) is 53.2 Å². The molecule has 2 aromatic rings. The summed E-state index contributed by atoms with van der Waals surface area (Å²) in [5.41, 5.74) is 5.36. The van der Waals surface area contributed by atoms with Gasteiger partial charge in [0.1, 0.15) is 0 Å². The van der Waals surface area contributed by atoms with Crippen molar-refractivity contribution in [2.45, 2.75) is 50.7 Å². The Hall–Kier alpha value is -1.68. The van der Waals surface area contributed by atoms with Crippen LogP contribution in [0.3, 0.4) is 0 Å². The molecule has 0 radical (unpaired) electrons. The summed E-state index contributed by atoms with van der Waals surface area (Å²) >= 11 is 0. The maximum Gasteiger partial charge on any atom is 0.0921 e. The van der Waals surface area contributed by atoms with E-state index >= 15 is 0 Å². The molecule has 2 aliphatic rings. The number of aliphatic hydroxyl groups is 2. The Bertz CT molecular complexity index is 778. The van der Waals surface area contributed by atoms with Crippen molar-refractivity contribution in [2.24, 2.45) is 0 Å². The van der Waals surface area contributed by atoms with Crippen molar-refractivity contribution in [3.8, 4) is 0 Å². The van der Waals surface area contributed by atoms with Gasteiger partial charge < -0.3 is 15.1 Å². The Morgan fingerprint density at radius 1 is 1.04 bits per heavy atom. The minimum Gasteiger partial charge on any atom is -0.387 e. The van der Waals surface area contributed by atoms with E-state index in [4.69, 9.17) is 0 Å².